The molecule has 100 valence electrons. The molecule has 4 heteroatoms. The molecule has 20 heavy (non-hydrogen) atoms. The highest BCUT2D eigenvalue weighted by Crippen LogP contribution is 2.48. The monoisotopic (exact) mass is 378 g/mol. The van der Waals surface area contributed by atoms with Gasteiger partial charge in [0, 0.05) is 29.9 Å². The van der Waals surface area contributed by atoms with E-state index in [1.54, 1.807) is 22.7 Å². The quantitative estimate of drug-likeness (QED) is 0.467. The van der Waals surface area contributed by atoms with Gasteiger partial charge in [-0.3, -0.25) is 0 Å². The molecule has 0 saturated carbocycles. The van der Waals surface area contributed by atoms with E-state index in [9.17, 15) is 0 Å². The Morgan fingerprint density at radius 3 is 2.40 bits per heavy atom. The predicted octanol–water partition coefficient (Wildman–Crippen LogP) is 6.97. The van der Waals surface area contributed by atoms with E-state index in [-0.39, 0.29) is 0 Å². The second-order valence-electron chi connectivity index (χ2n) is 4.21. The molecule has 2 aromatic heterocycles. The number of hydrogen-bond acceptors (Lipinski definition) is 3. The smallest absolute Gasteiger partial charge is 0.0609 e. The summed E-state index contributed by atoms with van der Waals surface area (Å²) in [6, 6.07) is 8.35. The average Bonchev–Trinajstić information content (AvgIpc) is 2.97. The molecule has 0 saturated heterocycles. The van der Waals surface area contributed by atoms with Crippen molar-refractivity contribution in [3.8, 4) is 9.75 Å². The van der Waals surface area contributed by atoms with Gasteiger partial charge >= 0.3 is 0 Å². The minimum absolute atomic E-state index is 1.04. The van der Waals surface area contributed by atoms with Gasteiger partial charge in [0.15, 0.2) is 0 Å². The Bertz CT molecular complexity index is 824. The van der Waals surface area contributed by atoms with Crippen molar-refractivity contribution in [2.45, 2.75) is 4.90 Å². The molecule has 0 amide bonds. The van der Waals surface area contributed by atoms with Crippen molar-refractivity contribution in [3.05, 3.63) is 52.3 Å². The first kappa shape index (κ1) is 14.1. The van der Waals surface area contributed by atoms with E-state index in [0.717, 1.165) is 19.8 Å². The third kappa shape index (κ3) is 2.11. The Balaban J connectivity index is 2.31. The number of hydrogen-bond donors (Lipinski definition) is 1. The minimum Gasteiger partial charge on any atom is -0.141 e. The molecule has 2 heterocycles. The van der Waals surface area contributed by atoms with Crippen molar-refractivity contribution in [1.82, 2.24) is 0 Å². The van der Waals surface area contributed by atoms with Crippen LogP contribution in [0.2, 0.25) is 0 Å². The average molecular weight is 379 g/mol. The van der Waals surface area contributed by atoms with E-state index in [2.05, 4.69) is 47.3 Å². The summed E-state index contributed by atoms with van der Waals surface area (Å²) in [5, 5.41) is 1.21. The van der Waals surface area contributed by atoms with Crippen LogP contribution in [-0.2, 0) is 0 Å². The first-order valence-electron chi connectivity index (χ1n) is 5.95. The molecule has 0 aliphatic carbocycles. The zero-order chi connectivity index (χ0) is 14.3. The van der Waals surface area contributed by atoms with Gasteiger partial charge in [0.2, 0.25) is 0 Å². The summed E-state index contributed by atoms with van der Waals surface area (Å²) in [4.78, 5) is 4.56. The molecule has 0 N–H and O–H groups in total. The Hall–Kier alpha value is -0.810. The maximum atomic E-state index is 4.72. The lowest BCUT2D eigenvalue weighted by molar-refractivity contribution is 1.65. The first-order chi connectivity index (χ1) is 9.67. The summed E-state index contributed by atoms with van der Waals surface area (Å²) < 4.78 is 2.34. The maximum absolute atomic E-state index is 4.72. The zero-order valence-electron chi connectivity index (χ0n) is 10.5. The summed E-state index contributed by atoms with van der Waals surface area (Å²) >= 11 is 11.9. The molecule has 1 aromatic carbocycles. The fourth-order valence-electron chi connectivity index (χ4n) is 2.11. The number of fused-ring (bicyclic) bond motifs is 1. The van der Waals surface area contributed by atoms with Crippen LogP contribution in [0.25, 0.3) is 32.0 Å². The van der Waals surface area contributed by atoms with E-state index in [0.29, 0.717) is 0 Å². The number of halogens is 1. The van der Waals surface area contributed by atoms with Crippen molar-refractivity contribution in [1.29, 1.82) is 0 Å². The molecule has 0 nitrogen and oxygen atoms in total. The van der Waals surface area contributed by atoms with Gasteiger partial charge in [0.1, 0.15) is 0 Å². The van der Waals surface area contributed by atoms with Gasteiger partial charge in [0.25, 0.3) is 0 Å². The normalized spacial score (nSPS) is 10.9. The second-order valence-corrected chi connectivity index (χ2v) is 7.55. The highest BCUT2D eigenvalue weighted by atomic mass is 79.9. The summed E-state index contributed by atoms with van der Waals surface area (Å²) in [7, 11) is 0. The molecule has 0 atom stereocenters. The lowest BCUT2D eigenvalue weighted by Crippen LogP contribution is -1.72. The number of benzene rings is 1. The van der Waals surface area contributed by atoms with Crippen LogP contribution in [0.3, 0.4) is 0 Å². The van der Waals surface area contributed by atoms with Crippen molar-refractivity contribution < 1.29 is 0 Å². The van der Waals surface area contributed by atoms with Gasteiger partial charge in [-0.25, -0.2) is 0 Å². The Labute approximate surface area is 140 Å². The third-order valence-electron chi connectivity index (χ3n) is 3.08. The highest BCUT2D eigenvalue weighted by Gasteiger charge is 2.19. The molecular formula is C16H11BrS3. The molecule has 0 aliphatic heterocycles. The Morgan fingerprint density at radius 2 is 1.80 bits per heavy atom. The van der Waals surface area contributed by atoms with E-state index in [1.165, 1.54) is 19.8 Å². The van der Waals surface area contributed by atoms with Crippen LogP contribution >= 0.6 is 51.2 Å². The predicted molar refractivity (Wildman–Crippen MR) is 100 cm³/mol. The SMILES string of the molecule is C=Cc1sc(-c2sc3ccccc3c2S)c(Br)c1C=C. The van der Waals surface area contributed by atoms with E-state index in [1.807, 2.05) is 18.2 Å². The Kier molecular flexibility index (Phi) is 3.91. The summed E-state index contributed by atoms with van der Waals surface area (Å²) in [5.74, 6) is 0. The van der Waals surface area contributed by atoms with Crippen molar-refractivity contribution in [2.75, 3.05) is 0 Å². The summed E-state index contributed by atoms with van der Waals surface area (Å²) in [6.07, 6.45) is 3.74. The number of rotatable bonds is 3. The van der Waals surface area contributed by atoms with Crippen LogP contribution in [0, 0.1) is 0 Å². The molecule has 0 spiro atoms. The summed E-state index contributed by atoms with van der Waals surface area (Å²) in [6.45, 7) is 7.76. The molecule has 0 bridgehead atoms. The topological polar surface area (TPSA) is 0 Å². The van der Waals surface area contributed by atoms with Gasteiger partial charge in [-0.15, -0.1) is 35.3 Å². The van der Waals surface area contributed by atoms with Gasteiger partial charge in [-0.1, -0.05) is 43.5 Å². The van der Waals surface area contributed by atoms with Crippen molar-refractivity contribution in [2.24, 2.45) is 0 Å². The van der Waals surface area contributed by atoms with Gasteiger partial charge in [0.05, 0.1) is 9.75 Å². The fraction of sp³-hybridized carbons (Fsp3) is 0. The lowest BCUT2D eigenvalue weighted by atomic mass is 10.2. The van der Waals surface area contributed by atoms with Gasteiger partial charge in [-0.2, -0.15) is 0 Å². The molecule has 3 aromatic rings. The lowest BCUT2D eigenvalue weighted by Gasteiger charge is -1.97. The van der Waals surface area contributed by atoms with Crippen LogP contribution in [-0.4, -0.2) is 0 Å². The maximum Gasteiger partial charge on any atom is 0.0609 e. The van der Waals surface area contributed by atoms with Crippen LogP contribution in [0.15, 0.2) is 46.8 Å². The standard InChI is InChI=1S/C16H11BrS3/c1-3-9-11(4-2)19-15(13(9)17)16-14(18)10-7-5-6-8-12(10)20-16/h3-8,18H,1-2H2. The highest BCUT2D eigenvalue weighted by molar-refractivity contribution is 9.10. The fourth-order valence-corrected chi connectivity index (χ4v) is 6.08. The van der Waals surface area contributed by atoms with Crippen molar-refractivity contribution >= 4 is 73.5 Å². The van der Waals surface area contributed by atoms with Crippen LogP contribution in [0.1, 0.15) is 10.4 Å². The van der Waals surface area contributed by atoms with Crippen LogP contribution in [0.5, 0.6) is 0 Å². The molecule has 0 aliphatic rings. The molecule has 0 fully saturated rings. The van der Waals surface area contributed by atoms with E-state index >= 15 is 0 Å². The molecule has 0 radical (unpaired) electrons. The number of thiol groups is 1. The first-order valence-corrected chi connectivity index (χ1v) is 8.82. The van der Waals surface area contributed by atoms with Crippen LogP contribution < -0.4 is 0 Å². The van der Waals surface area contributed by atoms with Gasteiger partial charge in [-0.05, 0) is 22.0 Å². The Morgan fingerprint density at radius 1 is 1.05 bits per heavy atom. The third-order valence-corrected chi connectivity index (χ3v) is 7.32. The zero-order valence-corrected chi connectivity index (χ0v) is 14.6. The molecular weight excluding hydrogens is 368 g/mol. The van der Waals surface area contributed by atoms with Crippen molar-refractivity contribution in [3.63, 3.8) is 0 Å². The largest absolute Gasteiger partial charge is 0.141 e. The second kappa shape index (κ2) is 5.53. The van der Waals surface area contributed by atoms with E-state index in [4.69, 9.17) is 12.6 Å². The summed E-state index contributed by atoms with van der Waals surface area (Å²) in [5.41, 5.74) is 1.10. The van der Waals surface area contributed by atoms with Gasteiger partial charge < -0.3 is 0 Å². The van der Waals surface area contributed by atoms with Crippen LogP contribution in [0.4, 0.5) is 0 Å². The van der Waals surface area contributed by atoms with E-state index < -0.39 is 0 Å². The molecule has 3 rings (SSSR count). The number of thiophene rings is 2. The minimum atomic E-state index is 1.04. The molecule has 0 unspecified atom stereocenters.